The molecular formula is C16H16ClN3O4. The number of hydrogen-bond acceptors (Lipinski definition) is 5. The van der Waals surface area contributed by atoms with Crippen LogP contribution < -0.4 is 10.5 Å². The molecule has 126 valence electrons. The molecule has 7 nitrogen and oxygen atoms in total. The number of ether oxygens (including phenoxy) is 1. The molecule has 3 rings (SSSR count). The first-order valence-electron chi connectivity index (χ1n) is 7.44. The molecule has 24 heavy (non-hydrogen) atoms. The Balaban J connectivity index is 1.92. The molecule has 1 unspecified atom stereocenters. The number of carboxylic acids is 1. The SMILES string of the molecule is O=C(O)C1COCCN1c1cnn(Cc2ccccc2)c(=O)c1Cl. The Morgan fingerprint density at radius 1 is 1.38 bits per heavy atom. The van der Waals surface area contributed by atoms with E-state index in [1.165, 1.54) is 10.9 Å². The van der Waals surface area contributed by atoms with Gasteiger partial charge in [-0.3, -0.25) is 4.79 Å². The van der Waals surface area contributed by atoms with Crippen LogP contribution in [0.25, 0.3) is 0 Å². The molecule has 0 aliphatic carbocycles. The van der Waals surface area contributed by atoms with E-state index in [1.54, 1.807) is 4.90 Å². The van der Waals surface area contributed by atoms with E-state index < -0.39 is 17.6 Å². The Labute approximate surface area is 143 Å². The van der Waals surface area contributed by atoms with Gasteiger partial charge in [0.15, 0.2) is 6.04 Å². The molecule has 1 aliphatic rings. The minimum atomic E-state index is -1.03. The highest BCUT2D eigenvalue weighted by molar-refractivity contribution is 6.33. The highest BCUT2D eigenvalue weighted by Crippen LogP contribution is 2.25. The molecule has 0 amide bonds. The average molecular weight is 350 g/mol. The zero-order valence-electron chi connectivity index (χ0n) is 12.8. The summed E-state index contributed by atoms with van der Waals surface area (Å²) >= 11 is 6.22. The molecule has 1 fully saturated rings. The normalized spacial score (nSPS) is 17.7. The maximum atomic E-state index is 12.5. The number of morpholine rings is 1. The number of carboxylic acid groups (broad SMARTS) is 1. The number of carbonyl (C=O) groups is 1. The van der Waals surface area contributed by atoms with E-state index in [4.69, 9.17) is 16.3 Å². The van der Waals surface area contributed by atoms with Crippen molar-refractivity contribution in [2.45, 2.75) is 12.6 Å². The number of benzene rings is 1. The third kappa shape index (κ3) is 3.27. The van der Waals surface area contributed by atoms with Gasteiger partial charge in [-0.15, -0.1) is 0 Å². The standard InChI is InChI=1S/C16H16ClN3O4/c17-14-12(19-6-7-24-10-13(19)16(22)23)8-18-20(15(14)21)9-11-4-2-1-3-5-11/h1-5,8,13H,6-7,9-10H2,(H,22,23). The monoisotopic (exact) mass is 349 g/mol. The van der Waals surface area contributed by atoms with Crippen molar-refractivity contribution in [1.82, 2.24) is 9.78 Å². The Morgan fingerprint density at radius 2 is 2.12 bits per heavy atom. The molecule has 0 radical (unpaired) electrons. The fourth-order valence-electron chi connectivity index (χ4n) is 2.62. The van der Waals surface area contributed by atoms with Crippen LogP contribution in [-0.2, 0) is 16.1 Å². The van der Waals surface area contributed by atoms with Gasteiger partial charge in [0.25, 0.3) is 5.56 Å². The molecule has 1 aliphatic heterocycles. The van der Waals surface area contributed by atoms with E-state index in [2.05, 4.69) is 5.10 Å². The van der Waals surface area contributed by atoms with Crippen molar-refractivity contribution >= 4 is 23.3 Å². The van der Waals surface area contributed by atoms with Crippen LogP contribution in [0.3, 0.4) is 0 Å². The minimum Gasteiger partial charge on any atom is -0.480 e. The second kappa shape index (κ2) is 7.02. The van der Waals surface area contributed by atoms with Crippen LogP contribution in [0.5, 0.6) is 0 Å². The zero-order valence-corrected chi connectivity index (χ0v) is 13.5. The largest absolute Gasteiger partial charge is 0.480 e. The van der Waals surface area contributed by atoms with Crippen molar-refractivity contribution in [3.63, 3.8) is 0 Å². The maximum absolute atomic E-state index is 12.5. The van der Waals surface area contributed by atoms with Gasteiger partial charge in [0.1, 0.15) is 5.02 Å². The molecule has 2 heterocycles. The fraction of sp³-hybridized carbons (Fsp3) is 0.312. The van der Waals surface area contributed by atoms with Gasteiger partial charge < -0.3 is 14.7 Å². The van der Waals surface area contributed by atoms with Crippen molar-refractivity contribution in [2.24, 2.45) is 0 Å². The second-order valence-electron chi connectivity index (χ2n) is 5.41. The lowest BCUT2D eigenvalue weighted by molar-refractivity contribution is -0.141. The summed E-state index contributed by atoms with van der Waals surface area (Å²) in [4.78, 5) is 25.4. The van der Waals surface area contributed by atoms with Gasteiger partial charge in [-0.25, -0.2) is 9.48 Å². The summed E-state index contributed by atoms with van der Waals surface area (Å²) in [6.45, 7) is 1.04. The van der Waals surface area contributed by atoms with E-state index in [0.29, 0.717) is 25.4 Å². The summed E-state index contributed by atoms with van der Waals surface area (Å²) in [6.07, 6.45) is 1.44. The van der Waals surface area contributed by atoms with Crippen LogP contribution in [-0.4, -0.2) is 46.7 Å². The van der Waals surface area contributed by atoms with Gasteiger partial charge in [-0.1, -0.05) is 41.9 Å². The lowest BCUT2D eigenvalue weighted by Crippen LogP contribution is -2.50. The number of halogens is 1. The predicted molar refractivity (Wildman–Crippen MR) is 88.6 cm³/mol. The Morgan fingerprint density at radius 3 is 2.83 bits per heavy atom. The molecule has 8 heteroatoms. The maximum Gasteiger partial charge on any atom is 0.328 e. The third-order valence-corrected chi connectivity index (χ3v) is 4.22. The van der Waals surface area contributed by atoms with Gasteiger partial charge in [0.05, 0.1) is 31.6 Å². The number of rotatable bonds is 4. The molecule has 1 aromatic carbocycles. The lowest BCUT2D eigenvalue weighted by Gasteiger charge is -2.34. The number of nitrogens with zero attached hydrogens (tertiary/aromatic N) is 3. The molecule has 0 saturated carbocycles. The Kier molecular flexibility index (Phi) is 4.82. The smallest absolute Gasteiger partial charge is 0.328 e. The van der Waals surface area contributed by atoms with Crippen molar-refractivity contribution in [3.05, 3.63) is 57.5 Å². The van der Waals surface area contributed by atoms with Crippen LogP contribution in [0.4, 0.5) is 5.69 Å². The first kappa shape index (κ1) is 16.5. The molecular weight excluding hydrogens is 334 g/mol. The van der Waals surface area contributed by atoms with Crippen molar-refractivity contribution in [3.8, 4) is 0 Å². The molecule has 0 bridgehead atoms. The molecule has 1 atom stereocenters. The first-order valence-corrected chi connectivity index (χ1v) is 7.82. The zero-order chi connectivity index (χ0) is 17.1. The van der Waals surface area contributed by atoms with Crippen LogP contribution >= 0.6 is 11.6 Å². The highest BCUT2D eigenvalue weighted by Gasteiger charge is 2.31. The summed E-state index contributed by atoms with van der Waals surface area (Å²) < 4.78 is 6.46. The topological polar surface area (TPSA) is 84.7 Å². The Hall–Kier alpha value is -2.38. The van der Waals surface area contributed by atoms with E-state index in [0.717, 1.165) is 5.56 Å². The minimum absolute atomic E-state index is 0.0333. The average Bonchev–Trinajstić information content (AvgIpc) is 2.60. The highest BCUT2D eigenvalue weighted by atomic mass is 35.5. The van der Waals surface area contributed by atoms with Crippen molar-refractivity contribution < 1.29 is 14.6 Å². The van der Waals surface area contributed by atoms with Crippen LogP contribution in [0.15, 0.2) is 41.3 Å². The van der Waals surface area contributed by atoms with E-state index >= 15 is 0 Å². The van der Waals surface area contributed by atoms with Gasteiger partial charge in [0.2, 0.25) is 0 Å². The quantitative estimate of drug-likeness (QED) is 0.893. The van der Waals surface area contributed by atoms with E-state index in [1.807, 2.05) is 30.3 Å². The fourth-order valence-corrected chi connectivity index (χ4v) is 2.88. The Bertz CT molecular complexity index is 794. The van der Waals surface area contributed by atoms with Crippen LogP contribution in [0.2, 0.25) is 5.02 Å². The van der Waals surface area contributed by atoms with Crippen molar-refractivity contribution in [2.75, 3.05) is 24.7 Å². The molecule has 2 aromatic rings. The van der Waals surface area contributed by atoms with E-state index in [-0.39, 0.29) is 11.6 Å². The lowest BCUT2D eigenvalue weighted by atomic mass is 10.2. The van der Waals surface area contributed by atoms with Crippen LogP contribution in [0.1, 0.15) is 5.56 Å². The second-order valence-corrected chi connectivity index (χ2v) is 5.79. The summed E-state index contributed by atoms with van der Waals surface area (Å²) in [5.74, 6) is -1.03. The molecule has 1 aromatic heterocycles. The van der Waals surface area contributed by atoms with Gasteiger partial charge in [-0.05, 0) is 5.56 Å². The number of anilines is 1. The molecule has 1 N–H and O–H groups in total. The summed E-state index contributed by atoms with van der Waals surface area (Å²) in [5.41, 5.74) is 0.793. The number of aliphatic carboxylic acids is 1. The number of hydrogen-bond donors (Lipinski definition) is 1. The number of aromatic nitrogens is 2. The first-order chi connectivity index (χ1) is 11.6. The van der Waals surface area contributed by atoms with Gasteiger partial charge >= 0.3 is 5.97 Å². The summed E-state index contributed by atoms with van der Waals surface area (Å²) in [6, 6.07) is 8.53. The summed E-state index contributed by atoms with van der Waals surface area (Å²) in [7, 11) is 0. The van der Waals surface area contributed by atoms with Gasteiger partial charge in [-0.2, -0.15) is 5.10 Å². The van der Waals surface area contributed by atoms with E-state index in [9.17, 15) is 14.7 Å². The van der Waals surface area contributed by atoms with Gasteiger partial charge in [0, 0.05) is 6.54 Å². The van der Waals surface area contributed by atoms with Crippen molar-refractivity contribution in [1.29, 1.82) is 0 Å². The predicted octanol–water partition coefficient (Wildman–Crippen LogP) is 1.23. The molecule has 1 saturated heterocycles. The summed E-state index contributed by atoms with van der Waals surface area (Å²) in [5, 5.41) is 13.4. The molecule has 0 spiro atoms. The third-order valence-electron chi connectivity index (χ3n) is 3.86. The van der Waals surface area contributed by atoms with Crippen LogP contribution in [0, 0.1) is 0 Å².